The van der Waals surface area contributed by atoms with Crippen LogP contribution in [-0.2, 0) is 11.3 Å². The van der Waals surface area contributed by atoms with E-state index in [1.807, 2.05) is 19.3 Å². The van der Waals surface area contributed by atoms with Crippen LogP contribution in [0.15, 0.2) is 18.6 Å². The first-order valence-corrected chi connectivity index (χ1v) is 9.34. The van der Waals surface area contributed by atoms with Crippen molar-refractivity contribution in [3.8, 4) is 0 Å². The van der Waals surface area contributed by atoms with E-state index < -0.39 is 0 Å². The third kappa shape index (κ3) is 3.19. The molecule has 0 spiro atoms. The van der Waals surface area contributed by atoms with Crippen molar-refractivity contribution in [1.29, 1.82) is 0 Å². The highest BCUT2D eigenvalue weighted by atomic mass is 32.1. The number of aromatic nitrogens is 5. The number of nitrogens with zero attached hydrogens (tertiary/aromatic N) is 6. The molecule has 0 N–H and O–H groups in total. The average Bonchev–Trinajstić information content (AvgIpc) is 3.27. The van der Waals surface area contributed by atoms with Crippen LogP contribution in [0.4, 0.5) is 0 Å². The van der Waals surface area contributed by atoms with Crippen LogP contribution in [0.5, 0.6) is 0 Å². The lowest BCUT2D eigenvalue weighted by atomic mass is 10.1. The van der Waals surface area contributed by atoms with Crippen LogP contribution in [0.3, 0.4) is 0 Å². The Morgan fingerprint density at radius 1 is 1.38 bits per heavy atom. The Morgan fingerprint density at radius 3 is 2.92 bits per heavy atom. The van der Waals surface area contributed by atoms with Gasteiger partial charge in [-0.05, 0) is 37.4 Å². The Labute approximate surface area is 155 Å². The molecule has 1 fully saturated rings. The maximum absolute atomic E-state index is 12.7. The average molecular weight is 372 g/mol. The van der Waals surface area contributed by atoms with Gasteiger partial charge in [0.05, 0.1) is 29.0 Å². The molecule has 1 aliphatic heterocycles. The van der Waals surface area contributed by atoms with Crippen molar-refractivity contribution >= 4 is 28.6 Å². The van der Waals surface area contributed by atoms with Crippen molar-refractivity contribution in [3.63, 3.8) is 0 Å². The van der Waals surface area contributed by atoms with Crippen molar-refractivity contribution in [1.82, 2.24) is 29.0 Å². The molecule has 26 heavy (non-hydrogen) atoms. The molecule has 1 aliphatic rings. The van der Waals surface area contributed by atoms with Gasteiger partial charge < -0.3 is 14.2 Å². The fourth-order valence-electron chi connectivity index (χ4n) is 3.17. The van der Waals surface area contributed by atoms with E-state index in [1.54, 1.807) is 18.1 Å². The number of ether oxygens (including phenoxy) is 1. The van der Waals surface area contributed by atoms with Gasteiger partial charge in [0.15, 0.2) is 5.65 Å². The summed E-state index contributed by atoms with van der Waals surface area (Å²) in [5.41, 5.74) is 2.95. The van der Waals surface area contributed by atoms with Gasteiger partial charge in [-0.25, -0.2) is 9.97 Å². The molecule has 0 radical (unpaired) electrons. The van der Waals surface area contributed by atoms with Crippen molar-refractivity contribution in [2.75, 3.05) is 20.3 Å². The number of rotatable bonds is 4. The third-order valence-electron chi connectivity index (χ3n) is 4.72. The lowest BCUT2D eigenvalue weighted by Crippen LogP contribution is -2.26. The third-order valence-corrected chi connectivity index (χ3v) is 5.53. The molecule has 3 aromatic rings. The normalized spacial score (nSPS) is 15.5. The number of hydrogen-bond acceptors (Lipinski definition) is 7. The first kappa shape index (κ1) is 17.0. The second kappa shape index (κ2) is 7.08. The van der Waals surface area contributed by atoms with Crippen LogP contribution in [0.2, 0.25) is 0 Å². The molecule has 0 saturated carbocycles. The van der Waals surface area contributed by atoms with E-state index in [0.717, 1.165) is 47.8 Å². The zero-order valence-electron chi connectivity index (χ0n) is 14.8. The van der Waals surface area contributed by atoms with Gasteiger partial charge >= 0.3 is 0 Å². The minimum absolute atomic E-state index is 0.0900. The quantitative estimate of drug-likeness (QED) is 0.698. The second-order valence-electron chi connectivity index (χ2n) is 6.50. The fourth-order valence-corrected chi connectivity index (χ4v) is 3.86. The number of amides is 1. The summed E-state index contributed by atoms with van der Waals surface area (Å²) in [7, 11) is 1.77. The predicted octanol–water partition coefficient (Wildman–Crippen LogP) is 2.21. The minimum atomic E-state index is -0.0900. The molecule has 4 rings (SSSR count). The van der Waals surface area contributed by atoms with Gasteiger partial charge in [0.2, 0.25) is 0 Å². The van der Waals surface area contributed by atoms with Crippen molar-refractivity contribution in [2.24, 2.45) is 0 Å². The summed E-state index contributed by atoms with van der Waals surface area (Å²) in [6, 6.07) is 2.17. The number of pyridine rings is 1. The van der Waals surface area contributed by atoms with Crippen LogP contribution < -0.4 is 0 Å². The summed E-state index contributed by atoms with van der Waals surface area (Å²) in [6.45, 7) is 3.90. The minimum Gasteiger partial charge on any atom is -0.381 e. The van der Waals surface area contributed by atoms with Crippen LogP contribution in [-0.4, -0.2) is 55.2 Å². The highest BCUT2D eigenvalue weighted by Gasteiger charge is 2.20. The fraction of sp³-hybridized carbons (Fsp3) is 0.471. The number of hydrogen-bond donors (Lipinski definition) is 0. The first-order chi connectivity index (χ1) is 12.6. The first-order valence-electron chi connectivity index (χ1n) is 8.57. The van der Waals surface area contributed by atoms with Crippen molar-refractivity contribution < 1.29 is 9.53 Å². The van der Waals surface area contributed by atoms with Crippen LogP contribution in [0.25, 0.3) is 11.2 Å². The second-order valence-corrected chi connectivity index (χ2v) is 7.34. The Hall–Kier alpha value is -2.39. The Balaban J connectivity index is 1.55. The summed E-state index contributed by atoms with van der Waals surface area (Å²) >= 11 is 1.32. The van der Waals surface area contributed by atoms with Crippen molar-refractivity contribution in [3.05, 3.63) is 34.7 Å². The SMILES string of the molecule is Cc1nnsc1CN(C)C(=O)c1cnc2c(c1)ncn2C1CCOCC1. The van der Waals surface area contributed by atoms with Crippen molar-refractivity contribution in [2.45, 2.75) is 32.4 Å². The Bertz CT molecular complexity index is 930. The number of carbonyl (C=O) groups excluding carboxylic acids is 1. The van der Waals surface area contributed by atoms with Gasteiger partial charge in [-0.1, -0.05) is 4.49 Å². The van der Waals surface area contributed by atoms with Gasteiger partial charge in [-0.15, -0.1) is 5.10 Å². The molecule has 8 nitrogen and oxygen atoms in total. The Kier molecular flexibility index (Phi) is 4.64. The molecule has 0 atom stereocenters. The lowest BCUT2D eigenvalue weighted by Gasteiger charge is -2.23. The summed E-state index contributed by atoms with van der Waals surface area (Å²) in [6.07, 6.45) is 5.37. The summed E-state index contributed by atoms with van der Waals surface area (Å²) in [5.74, 6) is -0.0900. The van der Waals surface area contributed by atoms with Gasteiger partial charge in [0, 0.05) is 32.5 Å². The Morgan fingerprint density at radius 2 is 2.19 bits per heavy atom. The molecule has 0 bridgehead atoms. The summed E-state index contributed by atoms with van der Waals surface area (Å²) < 4.78 is 11.4. The van der Waals surface area contributed by atoms with E-state index in [4.69, 9.17) is 4.74 Å². The summed E-state index contributed by atoms with van der Waals surface area (Å²) in [4.78, 5) is 24.4. The maximum Gasteiger partial charge on any atom is 0.255 e. The van der Waals surface area contributed by atoms with E-state index in [2.05, 4.69) is 24.1 Å². The van der Waals surface area contributed by atoms with E-state index >= 15 is 0 Å². The lowest BCUT2D eigenvalue weighted by molar-refractivity contribution is 0.0704. The molecule has 0 aromatic carbocycles. The smallest absolute Gasteiger partial charge is 0.255 e. The number of carbonyl (C=O) groups is 1. The maximum atomic E-state index is 12.7. The van der Waals surface area contributed by atoms with Crippen LogP contribution in [0.1, 0.15) is 39.8 Å². The van der Waals surface area contributed by atoms with Gasteiger partial charge in [0.25, 0.3) is 5.91 Å². The largest absolute Gasteiger partial charge is 0.381 e. The molecule has 9 heteroatoms. The van der Waals surface area contributed by atoms with Gasteiger partial charge in [0.1, 0.15) is 5.52 Å². The van der Waals surface area contributed by atoms with E-state index in [0.29, 0.717) is 18.2 Å². The van der Waals surface area contributed by atoms with E-state index in [9.17, 15) is 4.79 Å². The van der Waals surface area contributed by atoms with E-state index in [1.165, 1.54) is 11.5 Å². The van der Waals surface area contributed by atoms with Crippen LogP contribution in [0, 0.1) is 6.92 Å². The zero-order chi connectivity index (χ0) is 18.1. The molecule has 136 valence electrons. The molecule has 0 unspecified atom stereocenters. The molecule has 1 saturated heterocycles. The standard InChI is InChI=1S/C17H20N6O2S/c1-11-15(26-21-20-11)9-22(2)17(24)12-7-14-16(18-8-12)23(10-19-14)13-3-5-25-6-4-13/h7-8,10,13H,3-6,9H2,1-2H3. The topological polar surface area (TPSA) is 86.0 Å². The monoisotopic (exact) mass is 372 g/mol. The zero-order valence-corrected chi connectivity index (χ0v) is 15.6. The molecule has 0 aliphatic carbocycles. The number of fused-ring (bicyclic) bond motifs is 1. The highest BCUT2D eigenvalue weighted by molar-refractivity contribution is 7.05. The molecular weight excluding hydrogens is 352 g/mol. The molecule has 1 amide bonds. The molecule has 3 aromatic heterocycles. The number of aryl methyl sites for hydroxylation is 1. The highest BCUT2D eigenvalue weighted by Crippen LogP contribution is 2.25. The van der Waals surface area contributed by atoms with Gasteiger partial charge in [-0.2, -0.15) is 0 Å². The number of imidazole rings is 1. The van der Waals surface area contributed by atoms with E-state index in [-0.39, 0.29) is 5.91 Å². The predicted molar refractivity (Wildman–Crippen MR) is 97.1 cm³/mol. The van der Waals surface area contributed by atoms with Gasteiger partial charge in [-0.3, -0.25) is 4.79 Å². The summed E-state index contributed by atoms with van der Waals surface area (Å²) in [5, 5.41) is 3.99. The molecular formula is C17H20N6O2S. The molecule has 4 heterocycles. The van der Waals surface area contributed by atoms with Crippen LogP contribution >= 0.6 is 11.5 Å².